The molecule has 2 aliphatic rings. The van der Waals surface area contributed by atoms with E-state index in [1.165, 1.54) is 17.1 Å². The van der Waals surface area contributed by atoms with E-state index in [1.807, 2.05) is 121 Å². The predicted octanol–water partition coefficient (Wildman–Crippen LogP) is 7.81. The van der Waals surface area contributed by atoms with Crippen molar-refractivity contribution < 1.29 is 43.0 Å². The van der Waals surface area contributed by atoms with Crippen molar-refractivity contribution in [3.05, 3.63) is 192 Å². The fraction of sp³-hybridized carbons (Fsp3) is 0.0769. The van der Waals surface area contributed by atoms with Gasteiger partial charge in [0.25, 0.3) is 11.8 Å². The van der Waals surface area contributed by atoms with E-state index in [2.05, 4.69) is 14.7 Å². The molecule has 10 rings (SSSR count). The van der Waals surface area contributed by atoms with E-state index in [0.29, 0.717) is 42.1 Å². The number of hydrogen-bond donors (Lipinski definition) is 1. The van der Waals surface area contributed by atoms with Crippen molar-refractivity contribution in [3.8, 4) is 11.5 Å². The normalized spacial score (nSPS) is 12.8. The maximum absolute atomic E-state index is 13.2. The Labute approximate surface area is 371 Å². The van der Waals surface area contributed by atoms with Gasteiger partial charge in [-0.05, 0) is 79.0 Å². The van der Waals surface area contributed by atoms with Crippen LogP contribution in [0.1, 0.15) is 31.8 Å². The monoisotopic (exact) mass is 862 g/mol. The highest BCUT2D eigenvalue weighted by Crippen LogP contribution is 2.29. The summed E-state index contributed by atoms with van der Waals surface area (Å²) in [6, 6.07) is 44.7. The smallest absolute Gasteiger partial charge is 0.344 e. The summed E-state index contributed by atoms with van der Waals surface area (Å²) in [5.41, 5.74) is 11.6. The molecule has 2 N–H and O–H groups in total. The number of carbonyl (C=O) groups is 6. The van der Waals surface area contributed by atoms with Gasteiger partial charge in [-0.2, -0.15) is 0 Å². The van der Waals surface area contributed by atoms with Gasteiger partial charge in [-0.15, -0.1) is 0 Å². The van der Waals surface area contributed by atoms with E-state index in [0.717, 1.165) is 73.3 Å². The number of benzene rings is 6. The molecule has 0 unspecified atom stereocenters. The number of cyclic esters (lactones) is 2. The van der Waals surface area contributed by atoms with E-state index < -0.39 is 17.9 Å². The minimum Gasteiger partial charge on any atom is -0.423 e. The maximum Gasteiger partial charge on any atom is 0.344 e. The summed E-state index contributed by atoms with van der Waals surface area (Å²) in [6.07, 6.45) is 6.04. The molecule has 2 aromatic heterocycles. The van der Waals surface area contributed by atoms with Crippen LogP contribution in [-0.4, -0.2) is 63.6 Å². The number of fused-ring (bicyclic) bond motifs is 4. The molecule has 0 saturated heterocycles. The number of nitrogens with zero attached hydrogens (tertiary/aromatic N) is 3. The van der Waals surface area contributed by atoms with Crippen LogP contribution in [0, 0.1) is 0 Å². The number of nitrogens with two attached hydrogens (primary N) is 1. The lowest BCUT2D eigenvalue weighted by atomic mass is 10.0. The molecular formula is C52H38N4O9. The van der Waals surface area contributed by atoms with Gasteiger partial charge in [0.1, 0.15) is 11.5 Å². The number of esters is 4. The molecule has 2 amide bonds. The molecule has 13 heteroatoms. The topological polar surface area (TPSA) is 185 Å². The molecule has 0 bridgehead atoms. The van der Waals surface area contributed by atoms with E-state index in [9.17, 15) is 28.8 Å². The number of amides is 2. The van der Waals surface area contributed by atoms with Crippen LogP contribution in [0.15, 0.2) is 170 Å². The van der Waals surface area contributed by atoms with Gasteiger partial charge in [0.15, 0.2) is 0 Å². The van der Waals surface area contributed by atoms with E-state index in [-0.39, 0.29) is 17.8 Å². The highest BCUT2D eigenvalue weighted by molar-refractivity contribution is 6.16. The zero-order chi connectivity index (χ0) is 45.3. The second-order valence-electron chi connectivity index (χ2n) is 14.6. The van der Waals surface area contributed by atoms with E-state index >= 15 is 0 Å². The molecule has 0 saturated carbocycles. The molecule has 8 aromatic rings. The predicted molar refractivity (Wildman–Crippen MR) is 244 cm³/mol. The molecular weight excluding hydrogens is 825 g/mol. The Morgan fingerprint density at radius 1 is 0.477 bits per heavy atom. The van der Waals surface area contributed by atoms with Crippen molar-refractivity contribution in [2.45, 2.75) is 12.8 Å². The Kier molecular flexibility index (Phi) is 12.9. The van der Waals surface area contributed by atoms with Crippen LogP contribution >= 0.6 is 0 Å². The molecule has 0 atom stereocenters. The number of carbonyl (C=O) groups excluding carboxylic acids is 6. The lowest BCUT2D eigenvalue weighted by Crippen LogP contribution is -2.31. The van der Waals surface area contributed by atoms with Gasteiger partial charge in [-0.25, -0.2) is 29.1 Å². The first kappa shape index (κ1) is 43.0. The number of hydrogen-bond acceptors (Lipinski definition) is 12. The first-order valence-corrected chi connectivity index (χ1v) is 20.5. The quantitative estimate of drug-likeness (QED) is 0.0489. The number of ether oxygens (including phenoxy) is 3. The number of imide groups is 1. The van der Waals surface area contributed by atoms with Crippen LogP contribution in [0.2, 0.25) is 0 Å². The maximum atomic E-state index is 13.2. The van der Waals surface area contributed by atoms with Gasteiger partial charge < -0.3 is 19.9 Å². The number of para-hydroxylation sites is 4. The lowest BCUT2D eigenvalue weighted by Gasteiger charge is -2.14. The van der Waals surface area contributed by atoms with Gasteiger partial charge >= 0.3 is 23.9 Å². The molecule has 0 fully saturated rings. The summed E-state index contributed by atoms with van der Waals surface area (Å²) in [6.45, 7) is 0.896. The Hall–Kier alpha value is -8.68. The zero-order valence-electron chi connectivity index (χ0n) is 34.6. The van der Waals surface area contributed by atoms with Gasteiger partial charge in [-0.3, -0.25) is 14.5 Å². The number of aromatic nitrogens is 2. The number of pyridine rings is 2. The minimum atomic E-state index is -0.579. The highest BCUT2D eigenvalue weighted by Gasteiger charge is 2.23. The summed E-state index contributed by atoms with van der Waals surface area (Å²) in [5, 5.41) is 3.05. The van der Waals surface area contributed by atoms with Crippen molar-refractivity contribution in [3.63, 3.8) is 0 Å². The number of rotatable bonds is 9. The van der Waals surface area contributed by atoms with Crippen molar-refractivity contribution in [2.24, 2.45) is 5.73 Å². The van der Waals surface area contributed by atoms with Gasteiger partial charge in [-0.1, -0.05) is 97.1 Å². The first-order valence-electron chi connectivity index (χ1n) is 20.5. The Morgan fingerprint density at radius 3 is 1.17 bits per heavy atom. The molecule has 0 aliphatic carbocycles. The van der Waals surface area contributed by atoms with E-state index in [1.54, 1.807) is 24.3 Å². The molecule has 0 spiro atoms. The summed E-state index contributed by atoms with van der Waals surface area (Å²) >= 11 is 0. The zero-order valence-corrected chi connectivity index (χ0v) is 34.6. The Morgan fingerprint density at radius 2 is 0.831 bits per heavy atom. The van der Waals surface area contributed by atoms with Crippen molar-refractivity contribution in [1.82, 2.24) is 14.9 Å². The second-order valence-corrected chi connectivity index (χ2v) is 14.6. The van der Waals surface area contributed by atoms with Crippen molar-refractivity contribution in [1.29, 1.82) is 0 Å². The summed E-state index contributed by atoms with van der Waals surface area (Å²) in [5.74, 6) is -1.65. The summed E-state index contributed by atoms with van der Waals surface area (Å²) < 4.78 is 15.3. The first-order chi connectivity index (χ1) is 31.6. The largest absolute Gasteiger partial charge is 0.423 e. The third-order valence-corrected chi connectivity index (χ3v) is 10.4. The molecule has 6 aromatic carbocycles. The molecule has 13 nitrogen and oxygen atoms in total. The molecule has 0 radical (unpaired) electrons. The fourth-order valence-corrected chi connectivity index (χ4v) is 7.25. The van der Waals surface area contributed by atoms with Crippen molar-refractivity contribution >= 4 is 79.3 Å². The van der Waals surface area contributed by atoms with E-state index in [4.69, 9.17) is 15.2 Å². The van der Waals surface area contributed by atoms with Crippen LogP contribution in [-0.2, 0) is 36.8 Å². The molecule has 320 valence electrons. The Bertz CT molecular complexity index is 3070. The summed E-state index contributed by atoms with van der Waals surface area (Å²) in [7, 11) is 0. The van der Waals surface area contributed by atoms with Crippen LogP contribution in [0.4, 0.5) is 0 Å². The standard InChI is InChI=1S/C26H18N2O4.C22H18N2O2.C4H2O3/c29-23-13-14-24(30)28(23)16-15-17-9-11-18(12-10-17)32-26(31)25-19-5-1-3-7-21(19)27-22-8-4-2-6-20(22)25;23-14-13-15-9-11-16(12-10-15)26-22(25)21-17-5-1-3-7-19(17)24-20-8-4-2-6-18(20)21;5-3-1-2-4(6)7-3/h1-14H,15-16H2;1-12H,13-14,23H2;1-2H. The lowest BCUT2D eigenvalue weighted by molar-refractivity contribution is -0.150. The average molecular weight is 863 g/mol. The molecule has 2 aliphatic heterocycles. The van der Waals surface area contributed by atoms with Crippen LogP contribution in [0.3, 0.4) is 0 Å². The second kappa shape index (κ2) is 19.6. The molecule has 4 heterocycles. The Balaban J connectivity index is 0.000000156. The SMILES string of the molecule is NCCc1ccc(OC(=O)c2c3ccccc3nc3ccccc23)cc1.O=C(Oc1ccc(CCN2C(=O)C=CC2=O)cc1)c1c2ccccc2nc2ccccc12.O=C1C=CC(=O)O1. The van der Waals surface area contributed by atoms with Crippen LogP contribution in [0.25, 0.3) is 43.6 Å². The van der Waals surface area contributed by atoms with Crippen LogP contribution in [0.5, 0.6) is 11.5 Å². The minimum absolute atomic E-state index is 0.294. The van der Waals surface area contributed by atoms with Crippen LogP contribution < -0.4 is 15.2 Å². The van der Waals surface area contributed by atoms with Crippen molar-refractivity contribution in [2.75, 3.05) is 13.1 Å². The van der Waals surface area contributed by atoms with Gasteiger partial charge in [0, 0.05) is 52.4 Å². The summed E-state index contributed by atoms with van der Waals surface area (Å²) in [4.78, 5) is 79.8. The third-order valence-electron chi connectivity index (χ3n) is 10.4. The highest BCUT2D eigenvalue weighted by atomic mass is 16.6. The molecule has 65 heavy (non-hydrogen) atoms. The van der Waals surface area contributed by atoms with Gasteiger partial charge in [0.05, 0.1) is 33.2 Å². The third kappa shape index (κ3) is 10.0. The van der Waals surface area contributed by atoms with Gasteiger partial charge in [0.2, 0.25) is 0 Å². The fourth-order valence-electron chi connectivity index (χ4n) is 7.25. The average Bonchev–Trinajstić information content (AvgIpc) is 3.87.